The molecule has 1 heterocycles. The highest BCUT2D eigenvalue weighted by Crippen LogP contribution is 2.15. The molecule has 0 saturated carbocycles. The van der Waals surface area contributed by atoms with E-state index in [0.29, 0.717) is 11.4 Å². The molecule has 0 aliphatic rings. The maximum Gasteiger partial charge on any atom is 0.220 e. The zero-order valence-corrected chi connectivity index (χ0v) is 10.8. The van der Waals surface area contributed by atoms with Crippen molar-refractivity contribution < 1.29 is 4.21 Å². The molecule has 0 bridgehead atoms. The third kappa shape index (κ3) is 3.96. The van der Waals surface area contributed by atoms with Crippen LogP contribution in [-0.2, 0) is 10.8 Å². The Labute approximate surface area is 103 Å². The minimum Gasteiger partial charge on any atom is -0.367 e. The molecule has 17 heavy (non-hydrogen) atoms. The number of nitrogens with zero attached hydrogens (tertiary/aromatic N) is 3. The molecule has 1 aromatic heterocycles. The van der Waals surface area contributed by atoms with Crippen molar-refractivity contribution >= 4 is 22.7 Å². The number of aromatic nitrogens is 2. The van der Waals surface area contributed by atoms with Crippen molar-refractivity contribution in [2.45, 2.75) is 25.0 Å². The first-order chi connectivity index (χ1) is 8.04. The van der Waals surface area contributed by atoms with Gasteiger partial charge in [-0.25, -0.2) is 9.97 Å². The average Bonchev–Trinajstić information content (AvgIpc) is 2.26. The van der Waals surface area contributed by atoms with E-state index in [9.17, 15) is 4.21 Å². The van der Waals surface area contributed by atoms with E-state index in [4.69, 9.17) is 5.26 Å². The molecule has 0 amide bonds. The number of anilines is 1. The van der Waals surface area contributed by atoms with Crippen molar-refractivity contribution in [3.05, 3.63) is 17.8 Å². The van der Waals surface area contributed by atoms with Crippen LogP contribution in [0, 0.1) is 11.3 Å². The molecule has 0 aliphatic heterocycles. The number of allylic oxidation sites excluding steroid dienone is 1. The second-order valence-corrected chi connectivity index (χ2v) is 4.95. The van der Waals surface area contributed by atoms with Crippen LogP contribution in [0.2, 0.25) is 0 Å². The average molecular weight is 250 g/mol. The summed E-state index contributed by atoms with van der Waals surface area (Å²) in [5, 5.41) is 11.9. The van der Waals surface area contributed by atoms with Gasteiger partial charge in [-0.3, -0.25) is 4.21 Å². The summed E-state index contributed by atoms with van der Waals surface area (Å²) >= 11 is 0. The Morgan fingerprint density at radius 3 is 2.82 bits per heavy atom. The first-order valence-electron chi connectivity index (χ1n) is 5.07. The summed E-state index contributed by atoms with van der Waals surface area (Å²) in [6.07, 6.45) is 6.06. The summed E-state index contributed by atoms with van der Waals surface area (Å²) in [7, 11) is -1.22. The fourth-order valence-electron chi connectivity index (χ4n) is 1.15. The largest absolute Gasteiger partial charge is 0.367 e. The van der Waals surface area contributed by atoms with E-state index in [1.807, 2.05) is 19.9 Å². The third-order valence-corrected chi connectivity index (χ3v) is 2.53. The van der Waals surface area contributed by atoms with E-state index in [0.717, 1.165) is 0 Å². The Kier molecular flexibility index (Phi) is 4.79. The zero-order valence-electron chi connectivity index (χ0n) is 9.97. The van der Waals surface area contributed by atoms with Gasteiger partial charge in [-0.2, -0.15) is 5.26 Å². The molecule has 0 aliphatic carbocycles. The molecule has 0 radical (unpaired) electrons. The van der Waals surface area contributed by atoms with Gasteiger partial charge in [0.15, 0.2) is 0 Å². The predicted molar refractivity (Wildman–Crippen MR) is 67.8 cm³/mol. The van der Waals surface area contributed by atoms with E-state index < -0.39 is 10.8 Å². The zero-order chi connectivity index (χ0) is 12.8. The van der Waals surface area contributed by atoms with Crippen LogP contribution in [0.1, 0.15) is 19.4 Å². The molecular formula is C11H14N4OS. The van der Waals surface area contributed by atoms with Crippen LogP contribution in [0.5, 0.6) is 0 Å². The number of nitriles is 1. The minimum atomic E-state index is -1.22. The lowest BCUT2D eigenvalue weighted by Crippen LogP contribution is -2.13. The van der Waals surface area contributed by atoms with Crippen molar-refractivity contribution in [1.29, 1.82) is 5.26 Å². The van der Waals surface area contributed by atoms with Gasteiger partial charge < -0.3 is 5.32 Å². The van der Waals surface area contributed by atoms with E-state index >= 15 is 0 Å². The normalized spacial score (nSPS) is 12.6. The minimum absolute atomic E-state index is 0.192. The van der Waals surface area contributed by atoms with Crippen LogP contribution in [0.3, 0.4) is 0 Å². The first kappa shape index (κ1) is 13.3. The summed E-state index contributed by atoms with van der Waals surface area (Å²) in [5.74, 6) is 0.590. The standard InChI is InChI=1S/C11H14N4OS/c1-8(2)14-10-9(5-4-6-12)7-13-11(15-10)17(3)16/h4-5,7-8H,1-3H3,(H,13,14,15)/b5-4+. The maximum atomic E-state index is 11.3. The molecule has 0 spiro atoms. The SMILES string of the molecule is CC(C)Nc1nc(S(C)=O)ncc1/C=C/C#N. The Morgan fingerprint density at radius 2 is 2.29 bits per heavy atom. The highest BCUT2D eigenvalue weighted by Gasteiger charge is 2.08. The second-order valence-electron chi connectivity index (χ2n) is 3.67. The molecule has 1 atom stereocenters. The van der Waals surface area contributed by atoms with Crippen LogP contribution in [0.4, 0.5) is 5.82 Å². The van der Waals surface area contributed by atoms with Crippen molar-refractivity contribution in [1.82, 2.24) is 9.97 Å². The fraction of sp³-hybridized carbons (Fsp3) is 0.364. The van der Waals surface area contributed by atoms with Crippen molar-refractivity contribution in [3.8, 4) is 6.07 Å². The molecule has 5 nitrogen and oxygen atoms in total. The highest BCUT2D eigenvalue weighted by molar-refractivity contribution is 7.84. The predicted octanol–water partition coefficient (Wildman–Crippen LogP) is 1.57. The van der Waals surface area contributed by atoms with E-state index in [-0.39, 0.29) is 11.2 Å². The van der Waals surface area contributed by atoms with Crippen LogP contribution >= 0.6 is 0 Å². The molecule has 6 heteroatoms. The summed E-state index contributed by atoms with van der Waals surface area (Å²) in [6, 6.07) is 2.10. The summed E-state index contributed by atoms with van der Waals surface area (Å²) in [5.41, 5.74) is 0.703. The Bertz CT molecular complexity index is 491. The lowest BCUT2D eigenvalue weighted by atomic mass is 10.2. The summed E-state index contributed by atoms with van der Waals surface area (Å²) in [6.45, 7) is 3.95. The molecule has 0 fully saturated rings. The molecular weight excluding hydrogens is 236 g/mol. The number of hydrogen-bond donors (Lipinski definition) is 1. The van der Waals surface area contributed by atoms with Gasteiger partial charge in [0.2, 0.25) is 5.16 Å². The molecule has 0 saturated heterocycles. The van der Waals surface area contributed by atoms with Crippen molar-refractivity contribution in [3.63, 3.8) is 0 Å². The summed E-state index contributed by atoms with van der Waals surface area (Å²) < 4.78 is 11.3. The van der Waals surface area contributed by atoms with Crippen LogP contribution in [0.15, 0.2) is 17.4 Å². The number of rotatable bonds is 4. The first-order valence-corrected chi connectivity index (χ1v) is 6.63. The lowest BCUT2D eigenvalue weighted by Gasteiger charge is -2.11. The molecule has 0 aromatic carbocycles. The van der Waals surface area contributed by atoms with Gasteiger partial charge in [0.25, 0.3) is 0 Å². The Balaban J connectivity index is 3.17. The summed E-state index contributed by atoms with van der Waals surface area (Å²) in [4.78, 5) is 8.17. The van der Waals surface area contributed by atoms with Gasteiger partial charge in [0.1, 0.15) is 5.82 Å². The van der Waals surface area contributed by atoms with Crippen LogP contribution < -0.4 is 5.32 Å². The Morgan fingerprint density at radius 1 is 1.59 bits per heavy atom. The van der Waals surface area contributed by atoms with Crippen LogP contribution in [-0.4, -0.2) is 26.5 Å². The van der Waals surface area contributed by atoms with Gasteiger partial charge in [-0.05, 0) is 19.9 Å². The highest BCUT2D eigenvalue weighted by atomic mass is 32.2. The number of nitrogens with one attached hydrogen (secondary N) is 1. The third-order valence-electron chi connectivity index (χ3n) is 1.81. The molecule has 1 unspecified atom stereocenters. The second kappa shape index (κ2) is 6.11. The van der Waals surface area contributed by atoms with E-state index in [1.165, 1.54) is 12.3 Å². The molecule has 1 N–H and O–H groups in total. The van der Waals surface area contributed by atoms with E-state index in [1.54, 1.807) is 12.3 Å². The molecule has 1 rings (SSSR count). The van der Waals surface area contributed by atoms with E-state index in [2.05, 4.69) is 15.3 Å². The molecule has 1 aromatic rings. The number of hydrogen-bond acceptors (Lipinski definition) is 5. The quantitative estimate of drug-likeness (QED) is 0.648. The maximum absolute atomic E-state index is 11.3. The Hall–Kier alpha value is -1.74. The monoisotopic (exact) mass is 250 g/mol. The molecule has 90 valence electrons. The van der Waals surface area contributed by atoms with Gasteiger partial charge in [0.05, 0.1) is 16.9 Å². The van der Waals surface area contributed by atoms with Gasteiger partial charge in [-0.15, -0.1) is 0 Å². The van der Waals surface area contributed by atoms with Crippen molar-refractivity contribution in [2.24, 2.45) is 0 Å². The van der Waals surface area contributed by atoms with Gasteiger partial charge in [-0.1, -0.05) is 0 Å². The van der Waals surface area contributed by atoms with Gasteiger partial charge in [0, 0.05) is 30.1 Å². The van der Waals surface area contributed by atoms with Crippen LogP contribution in [0.25, 0.3) is 6.08 Å². The van der Waals surface area contributed by atoms with Crippen molar-refractivity contribution in [2.75, 3.05) is 11.6 Å². The van der Waals surface area contributed by atoms with Gasteiger partial charge >= 0.3 is 0 Å². The smallest absolute Gasteiger partial charge is 0.220 e. The fourth-order valence-corrected chi connectivity index (χ4v) is 1.57. The topological polar surface area (TPSA) is 78.7 Å². The lowest BCUT2D eigenvalue weighted by molar-refractivity contribution is 0.679.